The first-order valence-corrected chi connectivity index (χ1v) is 22.9. The standard InChI is InChI=1S/C22H47O5P7/c1-4-22(2,3)20(27-33(32-29)34(30)31)14-13-17-16(18(23)15-19(17)26-28)11-9-7-5-6-8-10-12-21(24)25/h7,9,16-20,23,32H,4-6,8,10-15,28-31H2,1-3H3,(H,24,25)/b9-7+. The van der Waals surface area contributed by atoms with Crippen molar-refractivity contribution in [3.8, 4) is 0 Å². The number of aliphatic hydroxyl groups excluding tert-OH is 1. The summed E-state index contributed by atoms with van der Waals surface area (Å²) >= 11 is 0. The van der Waals surface area contributed by atoms with Crippen LogP contribution in [-0.4, -0.2) is 34.5 Å². The highest BCUT2D eigenvalue weighted by Crippen LogP contribution is 2.89. The van der Waals surface area contributed by atoms with Crippen LogP contribution in [-0.2, 0) is 13.8 Å². The molecule has 1 saturated carbocycles. The molecule has 1 aliphatic rings. The van der Waals surface area contributed by atoms with E-state index in [1.54, 1.807) is 0 Å². The van der Waals surface area contributed by atoms with Gasteiger partial charge in [0.1, 0.15) is 0 Å². The summed E-state index contributed by atoms with van der Waals surface area (Å²) in [4.78, 5) is 10.6. The maximum absolute atomic E-state index is 10.8. The summed E-state index contributed by atoms with van der Waals surface area (Å²) < 4.78 is 12.5. The van der Waals surface area contributed by atoms with Crippen LogP contribution >= 0.6 is 58.7 Å². The lowest BCUT2D eigenvalue weighted by Gasteiger charge is -2.38. The van der Waals surface area contributed by atoms with Crippen molar-refractivity contribution in [2.24, 2.45) is 17.3 Å². The first kappa shape index (κ1) is 34.1. The molecule has 0 saturated heterocycles. The average Bonchev–Trinajstić information content (AvgIpc) is 3.09. The van der Waals surface area contributed by atoms with Gasteiger partial charge in [-0.1, -0.05) is 39.3 Å². The summed E-state index contributed by atoms with van der Waals surface area (Å²) in [6, 6.07) is 0. The summed E-state index contributed by atoms with van der Waals surface area (Å²) in [6.45, 7) is 6.62. The normalized spacial score (nSPS) is 25.7. The molecule has 0 aromatic rings. The van der Waals surface area contributed by atoms with Crippen LogP contribution in [0.25, 0.3) is 0 Å². The smallest absolute Gasteiger partial charge is 0.303 e. The van der Waals surface area contributed by atoms with E-state index in [9.17, 15) is 9.90 Å². The van der Waals surface area contributed by atoms with Gasteiger partial charge in [0.15, 0.2) is 0 Å². The Hall–Kier alpha value is 2.10. The van der Waals surface area contributed by atoms with Crippen LogP contribution in [0.1, 0.15) is 85.0 Å². The Labute approximate surface area is 221 Å². The molecule has 0 heterocycles. The number of aliphatic carboxylic acids is 1. The third kappa shape index (κ3) is 12.3. The van der Waals surface area contributed by atoms with Crippen LogP contribution in [0, 0.1) is 17.3 Å². The summed E-state index contributed by atoms with van der Waals surface area (Å²) in [7, 11) is 11.5. The Morgan fingerprint density at radius 2 is 1.94 bits per heavy atom. The van der Waals surface area contributed by atoms with Gasteiger partial charge in [-0.3, -0.25) is 4.79 Å². The molecule has 12 heteroatoms. The van der Waals surface area contributed by atoms with Crippen molar-refractivity contribution >= 4 is 64.7 Å². The van der Waals surface area contributed by atoms with E-state index in [0.29, 0.717) is 12.3 Å². The van der Waals surface area contributed by atoms with Crippen molar-refractivity contribution in [3.05, 3.63) is 12.2 Å². The average molecular weight is 608 g/mol. The molecule has 11 unspecified atom stereocenters. The van der Waals surface area contributed by atoms with Gasteiger partial charge in [-0.15, -0.1) is 26.8 Å². The van der Waals surface area contributed by atoms with Crippen molar-refractivity contribution in [3.63, 3.8) is 0 Å². The van der Waals surface area contributed by atoms with Crippen molar-refractivity contribution in [1.29, 1.82) is 0 Å². The van der Waals surface area contributed by atoms with Crippen molar-refractivity contribution in [1.82, 2.24) is 0 Å². The minimum atomic E-state index is -0.716. The van der Waals surface area contributed by atoms with E-state index in [0.717, 1.165) is 59.3 Å². The number of hydrogen-bond acceptors (Lipinski definition) is 4. The topological polar surface area (TPSA) is 76.0 Å². The third-order valence-corrected chi connectivity index (χ3v) is 26.2. The van der Waals surface area contributed by atoms with E-state index in [-0.39, 0.29) is 43.1 Å². The largest absolute Gasteiger partial charge is 0.481 e. The molecule has 0 amide bonds. The Morgan fingerprint density at radius 1 is 1.24 bits per heavy atom. The molecular formula is C22H47O5P7. The lowest BCUT2D eigenvalue weighted by molar-refractivity contribution is -0.137. The Bertz CT molecular complexity index is 608. The van der Waals surface area contributed by atoms with Crippen LogP contribution in [0.5, 0.6) is 0 Å². The number of unbranched alkanes of at least 4 members (excludes halogenated alkanes) is 3. The lowest BCUT2D eigenvalue weighted by Crippen LogP contribution is -2.32. The van der Waals surface area contributed by atoms with Gasteiger partial charge in [0.2, 0.25) is 0 Å². The molecular weight excluding hydrogens is 561 g/mol. The van der Waals surface area contributed by atoms with Crippen LogP contribution < -0.4 is 0 Å². The third-order valence-electron chi connectivity index (χ3n) is 7.10. The SMILES string of the molecule is CCC(C)(C)C(CCC1C(OP)CC(O)C1C/C=C/CCCCCC(=O)O)OP(PP)P(P)P. The Kier molecular flexibility index (Phi) is 18.5. The summed E-state index contributed by atoms with van der Waals surface area (Å²) in [5, 5.41) is 19.5. The summed E-state index contributed by atoms with van der Waals surface area (Å²) in [6.07, 6.45) is 12.8. The Balaban J connectivity index is 2.73. The molecule has 0 aliphatic heterocycles. The van der Waals surface area contributed by atoms with Gasteiger partial charge >= 0.3 is 5.97 Å². The molecule has 2 N–H and O–H groups in total. The molecule has 34 heavy (non-hydrogen) atoms. The zero-order valence-electron chi connectivity index (χ0n) is 20.9. The number of carboxylic acids is 1. The van der Waals surface area contributed by atoms with Crippen molar-refractivity contribution in [2.45, 2.75) is 103 Å². The molecule has 1 rings (SSSR count). The van der Waals surface area contributed by atoms with Gasteiger partial charge < -0.3 is 19.3 Å². The molecule has 0 spiro atoms. The van der Waals surface area contributed by atoms with E-state index in [4.69, 9.17) is 14.2 Å². The van der Waals surface area contributed by atoms with E-state index in [1.165, 1.54) is 0 Å². The number of hydrogen-bond donors (Lipinski definition) is 2. The minimum Gasteiger partial charge on any atom is -0.481 e. The maximum atomic E-state index is 10.8. The monoisotopic (exact) mass is 608 g/mol. The molecule has 11 atom stereocenters. The van der Waals surface area contributed by atoms with E-state index >= 15 is 0 Å². The second kappa shape index (κ2) is 18.4. The molecule has 1 fully saturated rings. The highest BCUT2D eigenvalue weighted by Gasteiger charge is 2.43. The molecule has 0 radical (unpaired) electrons. The second-order valence-corrected chi connectivity index (χ2v) is 27.5. The van der Waals surface area contributed by atoms with Crippen LogP contribution in [0.15, 0.2) is 12.2 Å². The van der Waals surface area contributed by atoms with E-state index < -0.39 is 13.5 Å². The van der Waals surface area contributed by atoms with E-state index in [1.807, 2.05) is 0 Å². The fourth-order valence-corrected chi connectivity index (χ4v) is 24.6. The fraction of sp³-hybridized carbons (Fsp3) is 0.864. The van der Waals surface area contributed by atoms with Crippen molar-refractivity contribution < 1.29 is 24.1 Å². The first-order valence-electron chi connectivity index (χ1n) is 12.2. The minimum absolute atomic E-state index is 0.0607. The number of aliphatic hydroxyl groups is 1. The van der Waals surface area contributed by atoms with Gasteiger partial charge in [-0.05, 0) is 77.1 Å². The number of carbonyl (C=O) groups is 1. The zero-order valence-corrected chi connectivity index (χ0v) is 28.3. The van der Waals surface area contributed by atoms with Crippen LogP contribution in [0.3, 0.4) is 0 Å². The van der Waals surface area contributed by atoms with Crippen molar-refractivity contribution in [2.75, 3.05) is 0 Å². The maximum Gasteiger partial charge on any atom is 0.303 e. The van der Waals surface area contributed by atoms with E-state index in [2.05, 4.69) is 69.2 Å². The first-order chi connectivity index (χ1) is 16.1. The van der Waals surface area contributed by atoms with Gasteiger partial charge in [0.25, 0.3) is 0 Å². The predicted molar refractivity (Wildman–Crippen MR) is 166 cm³/mol. The van der Waals surface area contributed by atoms with Crippen LogP contribution in [0.4, 0.5) is 0 Å². The lowest BCUT2D eigenvalue weighted by atomic mass is 9.78. The number of rotatable bonds is 18. The zero-order chi connectivity index (χ0) is 25.7. The molecule has 0 bridgehead atoms. The number of carboxylic acid groups (broad SMARTS) is 1. The number of allylic oxidation sites excluding steroid dienone is 2. The fourth-order valence-electron chi connectivity index (χ4n) is 4.55. The van der Waals surface area contributed by atoms with Gasteiger partial charge in [-0.25, -0.2) is 0 Å². The van der Waals surface area contributed by atoms with Gasteiger partial charge in [0.05, 0.1) is 25.8 Å². The molecule has 200 valence electrons. The second-order valence-electron chi connectivity index (χ2n) is 9.80. The summed E-state index contributed by atoms with van der Waals surface area (Å²) in [5.74, 6) is -0.208. The van der Waals surface area contributed by atoms with Gasteiger partial charge in [-0.2, -0.15) is 0 Å². The quantitative estimate of drug-likeness (QED) is 0.0928. The molecule has 1 aliphatic carbocycles. The van der Waals surface area contributed by atoms with Crippen LogP contribution in [0.2, 0.25) is 0 Å². The molecule has 0 aromatic heterocycles. The molecule has 5 nitrogen and oxygen atoms in total. The highest BCUT2D eigenvalue weighted by molar-refractivity contribution is 8.86. The van der Waals surface area contributed by atoms with Gasteiger partial charge in [0, 0.05) is 22.3 Å². The summed E-state index contributed by atoms with van der Waals surface area (Å²) in [5.41, 5.74) is 0.107. The predicted octanol–water partition coefficient (Wildman–Crippen LogP) is 8.50. The molecule has 0 aromatic carbocycles. The Morgan fingerprint density at radius 3 is 2.50 bits per heavy atom. The highest BCUT2D eigenvalue weighted by atomic mass is 32.9.